The molecule has 0 bridgehead atoms. The van der Waals surface area contributed by atoms with Gasteiger partial charge in [-0.2, -0.15) is 0 Å². The highest BCUT2D eigenvalue weighted by Gasteiger charge is 2.07. The third-order valence-electron chi connectivity index (χ3n) is 2.79. The van der Waals surface area contributed by atoms with Crippen LogP contribution in [0.3, 0.4) is 0 Å². The number of methoxy groups -OCH3 is 1. The molecule has 0 unspecified atom stereocenters. The Kier molecular flexibility index (Phi) is 3.15. The summed E-state index contributed by atoms with van der Waals surface area (Å²) in [4.78, 5) is 4.40. The smallest absolute Gasteiger partial charge is 0.188 e. The maximum Gasteiger partial charge on any atom is 0.188 e. The molecule has 2 N–H and O–H groups in total. The van der Waals surface area contributed by atoms with Crippen LogP contribution in [-0.2, 0) is 0 Å². The minimum Gasteiger partial charge on any atom is -0.505 e. The van der Waals surface area contributed by atoms with Gasteiger partial charge in [0, 0.05) is 11.8 Å². The Morgan fingerprint density at radius 1 is 1.25 bits per heavy atom. The average molecular weight is 290 g/mol. The number of nitrogens with one attached hydrogen (secondary N) is 1. The molecular formula is C14H11FN2O2S. The molecule has 1 aromatic heterocycles. The van der Waals surface area contributed by atoms with Crippen LogP contribution < -0.4 is 10.1 Å². The van der Waals surface area contributed by atoms with E-state index in [1.165, 1.54) is 23.5 Å². The van der Waals surface area contributed by atoms with E-state index < -0.39 is 5.82 Å². The first kappa shape index (κ1) is 12.7. The van der Waals surface area contributed by atoms with Crippen molar-refractivity contribution in [2.45, 2.75) is 0 Å². The third-order valence-corrected chi connectivity index (χ3v) is 3.73. The number of ether oxygens (including phenoxy) is 1. The second-order valence-electron chi connectivity index (χ2n) is 4.14. The van der Waals surface area contributed by atoms with Crippen LogP contribution in [0.25, 0.3) is 10.2 Å². The van der Waals surface area contributed by atoms with Gasteiger partial charge in [0.1, 0.15) is 5.75 Å². The largest absolute Gasteiger partial charge is 0.505 e. The van der Waals surface area contributed by atoms with Crippen LogP contribution in [0.1, 0.15) is 0 Å². The van der Waals surface area contributed by atoms with Crippen molar-refractivity contribution in [2.24, 2.45) is 0 Å². The number of fused-ring (bicyclic) bond motifs is 1. The van der Waals surface area contributed by atoms with Crippen molar-refractivity contribution in [1.82, 2.24) is 4.98 Å². The van der Waals surface area contributed by atoms with Gasteiger partial charge in [0.25, 0.3) is 0 Å². The van der Waals surface area contributed by atoms with Gasteiger partial charge in [-0.05, 0) is 30.3 Å². The number of halogens is 1. The lowest BCUT2D eigenvalue weighted by atomic mass is 10.3. The van der Waals surface area contributed by atoms with Gasteiger partial charge >= 0.3 is 0 Å². The number of benzene rings is 2. The van der Waals surface area contributed by atoms with Crippen molar-refractivity contribution in [3.63, 3.8) is 0 Å². The molecule has 3 aromatic rings. The Balaban J connectivity index is 1.92. The lowest BCUT2D eigenvalue weighted by Crippen LogP contribution is -1.89. The Labute approximate surface area is 118 Å². The molecule has 0 spiro atoms. The molecule has 0 saturated carbocycles. The summed E-state index contributed by atoms with van der Waals surface area (Å²) < 4.78 is 19.4. The number of rotatable bonds is 3. The number of hydrogen-bond acceptors (Lipinski definition) is 5. The maximum absolute atomic E-state index is 13.3. The molecule has 0 aliphatic heterocycles. The lowest BCUT2D eigenvalue weighted by Gasteiger charge is -2.02. The first-order chi connectivity index (χ1) is 9.65. The van der Waals surface area contributed by atoms with Crippen molar-refractivity contribution in [3.8, 4) is 11.5 Å². The second kappa shape index (κ2) is 4.97. The maximum atomic E-state index is 13.3. The van der Waals surface area contributed by atoms with Crippen LogP contribution in [0.15, 0.2) is 36.4 Å². The molecule has 1 heterocycles. The van der Waals surface area contributed by atoms with Crippen LogP contribution in [0.5, 0.6) is 11.5 Å². The molecule has 0 radical (unpaired) electrons. The molecule has 3 rings (SSSR count). The summed E-state index contributed by atoms with van der Waals surface area (Å²) in [6.45, 7) is 0. The van der Waals surface area contributed by atoms with Gasteiger partial charge in [-0.1, -0.05) is 11.3 Å². The fourth-order valence-corrected chi connectivity index (χ4v) is 2.71. The minimum absolute atomic E-state index is 0.371. The van der Waals surface area contributed by atoms with E-state index in [4.69, 9.17) is 9.84 Å². The van der Waals surface area contributed by atoms with Gasteiger partial charge in [-0.3, -0.25) is 0 Å². The fraction of sp³-hybridized carbons (Fsp3) is 0.0714. The van der Waals surface area contributed by atoms with Crippen LogP contribution in [0.2, 0.25) is 0 Å². The quantitative estimate of drug-likeness (QED) is 0.718. The predicted octanol–water partition coefficient (Wildman–Crippen LogP) is 3.89. The van der Waals surface area contributed by atoms with Gasteiger partial charge in [0.05, 0.1) is 17.3 Å². The molecule has 0 fully saturated rings. The number of phenols is 1. The van der Waals surface area contributed by atoms with E-state index in [1.54, 1.807) is 13.2 Å². The Morgan fingerprint density at radius 2 is 2.10 bits per heavy atom. The topological polar surface area (TPSA) is 54.4 Å². The highest BCUT2D eigenvalue weighted by molar-refractivity contribution is 7.22. The zero-order chi connectivity index (χ0) is 14.1. The number of aromatic nitrogens is 1. The van der Waals surface area contributed by atoms with E-state index >= 15 is 0 Å². The Bertz CT molecular complexity index is 773. The predicted molar refractivity (Wildman–Crippen MR) is 77.5 cm³/mol. The van der Waals surface area contributed by atoms with Crippen molar-refractivity contribution >= 4 is 32.4 Å². The Hall–Kier alpha value is -2.34. The van der Waals surface area contributed by atoms with E-state index in [2.05, 4.69) is 10.3 Å². The number of nitrogens with zero attached hydrogens (tertiary/aromatic N) is 1. The summed E-state index contributed by atoms with van der Waals surface area (Å²) in [7, 11) is 1.61. The van der Waals surface area contributed by atoms with Crippen molar-refractivity contribution in [3.05, 3.63) is 42.2 Å². The van der Waals surface area contributed by atoms with Crippen molar-refractivity contribution < 1.29 is 14.2 Å². The molecule has 0 atom stereocenters. The van der Waals surface area contributed by atoms with E-state index in [0.717, 1.165) is 16.0 Å². The third kappa shape index (κ3) is 2.37. The number of phenolic OH excluding ortho intramolecular Hbond substituents is 1. The van der Waals surface area contributed by atoms with Crippen LogP contribution in [-0.4, -0.2) is 17.2 Å². The van der Waals surface area contributed by atoms with Gasteiger partial charge < -0.3 is 15.2 Å². The summed E-state index contributed by atoms with van der Waals surface area (Å²) in [6, 6.07) is 9.72. The van der Waals surface area contributed by atoms with Crippen molar-refractivity contribution in [2.75, 3.05) is 12.4 Å². The summed E-state index contributed by atoms with van der Waals surface area (Å²) in [5, 5.41) is 12.8. The molecule has 0 saturated heterocycles. The van der Waals surface area contributed by atoms with E-state index in [-0.39, 0.29) is 5.75 Å². The lowest BCUT2D eigenvalue weighted by molar-refractivity contribution is 0.415. The summed E-state index contributed by atoms with van der Waals surface area (Å²) >= 11 is 1.44. The van der Waals surface area contributed by atoms with Gasteiger partial charge in [0.15, 0.2) is 16.7 Å². The minimum atomic E-state index is -0.669. The summed E-state index contributed by atoms with van der Waals surface area (Å²) in [6.07, 6.45) is 0. The molecule has 0 aliphatic rings. The molecule has 20 heavy (non-hydrogen) atoms. The van der Waals surface area contributed by atoms with Crippen molar-refractivity contribution in [1.29, 1.82) is 0 Å². The van der Waals surface area contributed by atoms with Crippen LogP contribution in [0, 0.1) is 5.82 Å². The molecular weight excluding hydrogens is 279 g/mol. The number of anilines is 2. The summed E-state index contributed by atoms with van der Waals surface area (Å²) in [5.74, 6) is -0.272. The zero-order valence-electron chi connectivity index (χ0n) is 10.6. The number of hydrogen-bond donors (Lipinski definition) is 2. The zero-order valence-corrected chi connectivity index (χ0v) is 11.4. The highest BCUT2D eigenvalue weighted by atomic mass is 32.1. The Morgan fingerprint density at radius 3 is 2.85 bits per heavy atom. The average Bonchev–Trinajstić information content (AvgIpc) is 2.84. The summed E-state index contributed by atoms with van der Waals surface area (Å²) in [5.41, 5.74) is 1.38. The van der Waals surface area contributed by atoms with Gasteiger partial charge in [-0.25, -0.2) is 9.37 Å². The molecule has 0 amide bonds. The van der Waals surface area contributed by atoms with E-state index in [1.807, 2.05) is 18.2 Å². The fourth-order valence-electron chi connectivity index (χ4n) is 1.79. The van der Waals surface area contributed by atoms with E-state index in [0.29, 0.717) is 10.8 Å². The SMILES string of the molecule is COc1ccc2nc(Nc3ccc(O)c(F)c3)sc2c1. The van der Waals surface area contributed by atoms with Crippen LogP contribution >= 0.6 is 11.3 Å². The highest BCUT2D eigenvalue weighted by Crippen LogP contribution is 2.31. The molecule has 102 valence electrons. The molecule has 0 aliphatic carbocycles. The normalized spacial score (nSPS) is 10.7. The standard InChI is InChI=1S/C14H11FN2O2S/c1-19-9-3-4-11-13(7-9)20-14(17-11)16-8-2-5-12(18)10(15)6-8/h2-7,18H,1H3,(H,16,17). The second-order valence-corrected chi connectivity index (χ2v) is 5.17. The molecule has 2 aromatic carbocycles. The molecule has 4 nitrogen and oxygen atoms in total. The van der Waals surface area contributed by atoms with Crippen LogP contribution in [0.4, 0.5) is 15.2 Å². The molecule has 6 heteroatoms. The monoisotopic (exact) mass is 290 g/mol. The first-order valence-corrected chi connectivity index (χ1v) is 6.67. The number of aromatic hydroxyl groups is 1. The first-order valence-electron chi connectivity index (χ1n) is 5.86. The number of thiazole rings is 1. The van der Waals surface area contributed by atoms with Gasteiger partial charge in [-0.15, -0.1) is 0 Å². The van der Waals surface area contributed by atoms with E-state index in [9.17, 15) is 4.39 Å². The van der Waals surface area contributed by atoms with Gasteiger partial charge in [0.2, 0.25) is 0 Å².